The first-order chi connectivity index (χ1) is 16.9. The van der Waals surface area contributed by atoms with Crippen LogP contribution in [0.1, 0.15) is 29.6 Å². The Balaban J connectivity index is 1.77. The monoisotopic (exact) mass is 498 g/mol. The van der Waals surface area contributed by atoms with Gasteiger partial charge in [-0.25, -0.2) is 4.79 Å². The van der Waals surface area contributed by atoms with E-state index in [0.29, 0.717) is 41.8 Å². The minimum absolute atomic E-state index is 0.0318. The molecule has 0 saturated carbocycles. The number of ether oxygens (including phenoxy) is 1. The number of carbonyl (C=O) groups is 4. The number of hydrogen-bond donors (Lipinski definition) is 4. The van der Waals surface area contributed by atoms with E-state index in [2.05, 4.69) is 21.3 Å². The molecule has 0 unspecified atom stereocenters. The van der Waals surface area contributed by atoms with Crippen LogP contribution in [0.5, 0.6) is 0 Å². The van der Waals surface area contributed by atoms with Crippen molar-refractivity contribution in [1.29, 1.82) is 0 Å². The standard InChI is InChI=1S/C25H30N4O5S/c1-34-25(33)20(12-13-35-2)28-24(32)18-9-8-17(14-19(18)16-6-4-3-5-7-16)27-23(31)15-26-21-10-11-22(30)29-21/h3-9,14,20-21,26H,10-13,15H2,1-2H3,(H,27,31)(H,28,32)(H,29,30)/t20-,21-/m0/s1. The van der Waals surface area contributed by atoms with Crippen LogP contribution in [0.4, 0.5) is 5.69 Å². The third-order valence-corrected chi connectivity index (χ3v) is 6.18. The van der Waals surface area contributed by atoms with Gasteiger partial charge in [-0.2, -0.15) is 11.8 Å². The van der Waals surface area contributed by atoms with Gasteiger partial charge in [0.25, 0.3) is 5.91 Å². The highest BCUT2D eigenvalue weighted by atomic mass is 32.2. The number of amides is 3. The first-order valence-corrected chi connectivity index (χ1v) is 12.7. The Morgan fingerprint density at radius 1 is 1.17 bits per heavy atom. The summed E-state index contributed by atoms with van der Waals surface area (Å²) in [5.41, 5.74) is 2.30. The van der Waals surface area contributed by atoms with E-state index in [0.717, 1.165) is 5.56 Å². The molecule has 2 aromatic carbocycles. The van der Waals surface area contributed by atoms with Crippen LogP contribution >= 0.6 is 11.8 Å². The molecule has 0 spiro atoms. The first kappa shape index (κ1) is 26.2. The quantitative estimate of drug-likeness (QED) is 0.350. The van der Waals surface area contributed by atoms with Crippen LogP contribution in [0.15, 0.2) is 48.5 Å². The molecule has 0 radical (unpaired) electrons. The number of methoxy groups -OCH3 is 1. The zero-order chi connectivity index (χ0) is 25.2. The maximum atomic E-state index is 13.2. The molecule has 4 N–H and O–H groups in total. The molecule has 1 fully saturated rings. The second-order valence-corrected chi connectivity index (χ2v) is 9.03. The van der Waals surface area contributed by atoms with Crippen molar-refractivity contribution in [1.82, 2.24) is 16.0 Å². The predicted octanol–water partition coefficient (Wildman–Crippen LogP) is 2.14. The summed E-state index contributed by atoms with van der Waals surface area (Å²) in [4.78, 5) is 49.1. The van der Waals surface area contributed by atoms with Crippen LogP contribution in [0.3, 0.4) is 0 Å². The number of rotatable bonds is 11. The third-order valence-electron chi connectivity index (χ3n) is 5.54. The Bertz CT molecular complexity index is 1060. The molecular weight excluding hydrogens is 468 g/mol. The average molecular weight is 499 g/mol. The van der Waals surface area contributed by atoms with E-state index < -0.39 is 17.9 Å². The molecule has 3 amide bonds. The molecular formula is C25H30N4O5S. The van der Waals surface area contributed by atoms with Gasteiger partial charge in [-0.3, -0.25) is 19.7 Å². The van der Waals surface area contributed by atoms with Gasteiger partial charge in [-0.1, -0.05) is 30.3 Å². The van der Waals surface area contributed by atoms with Crippen molar-refractivity contribution in [3.05, 3.63) is 54.1 Å². The van der Waals surface area contributed by atoms with Crippen molar-refractivity contribution in [3.63, 3.8) is 0 Å². The van der Waals surface area contributed by atoms with Crippen LogP contribution in [0, 0.1) is 0 Å². The number of hydrogen-bond acceptors (Lipinski definition) is 7. The average Bonchev–Trinajstić information content (AvgIpc) is 3.30. The highest BCUT2D eigenvalue weighted by Gasteiger charge is 2.24. The minimum atomic E-state index is -0.759. The van der Waals surface area contributed by atoms with Crippen molar-refractivity contribution in [2.45, 2.75) is 31.5 Å². The van der Waals surface area contributed by atoms with E-state index in [1.165, 1.54) is 7.11 Å². The first-order valence-electron chi connectivity index (χ1n) is 11.3. The molecule has 35 heavy (non-hydrogen) atoms. The number of thioether (sulfide) groups is 1. The zero-order valence-corrected chi connectivity index (χ0v) is 20.6. The Hall–Kier alpha value is -3.37. The van der Waals surface area contributed by atoms with Crippen molar-refractivity contribution >= 4 is 41.1 Å². The van der Waals surface area contributed by atoms with Gasteiger partial charge in [0.2, 0.25) is 11.8 Å². The normalized spacial score (nSPS) is 15.7. The largest absolute Gasteiger partial charge is 0.467 e. The van der Waals surface area contributed by atoms with Crippen LogP contribution in [0.25, 0.3) is 11.1 Å². The Morgan fingerprint density at radius 2 is 1.94 bits per heavy atom. The fourth-order valence-corrected chi connectivity index (χ4v) is 4.20. The molecule has 3 rings (SSSR count). The van der Waals surface area contributed by atoms with Crippen molar-refractivity contribution in [3.8, 4) is 11.1 Å². The molecule has 2 aromatic rings. The molecule has 1 saturated heterocycles. The second kappa shape index (κ2) is 12.9. The molecule has 0 aromatic heterocycles. The highest BCUT2D eigenvalue weighted by Crippen LogP contribution is 2.27. The van der Waals surface area contributed by atoms with E-state index in [-0.39, 0.29) is 24.5 Å². The number of esters is 1. The summed E-state index contributed by atoms with van der Waals surface area (Å²) in [7, 11) is 1.29. The Kier molecular flexibility index (Phi) is 9.68. The topological polar surface area (TPSA) is 126 Å². The summed E-state index contributed by atoms with van der Waals surface area (Å²) in [5, 5.41) is 11.4. The van der Waals surface area contributed by atoms with E-state index in [1.54, 1.807) is 30.0 Å². The maximum Gasteiger partial charge on any atom is 0.328 e. The van der Waals surface area contributed by atoms with E-state index in [9.17, 15) is 19.2 Å². The van der Waals surface area contributed by atoms with Gasteiger partial charge < -0.3 is 20.7 Å². The molecule has 1 heterocycles. The van der Waals surface area contributed by atoms with Gasteiger partial charge in [-0.05, 0) is 54.2 Å². The SMILES string of the molecule is COC(=O)[C@H](CCSC)NC(=O)c1ccc(NC(=O)CN[C@@H]2CCC(=O)N2)cc1-c1ccccc1. The van der Waals surface area contributed by atoms with Crippen LogP contribution in [-0.4, -0.2) is 61.6 Å². The molecule has 2 atom stereocenters. The molecule has 9 nitrogen and oxygen atoms in total. The summed E-state index contributed by atoms with van der Waals surface area (Å²) < 4.78 is 4.85. The second-order valence-electron chi connectivity index (χ2n) is 8.04. The van der Waals surface area contributed by atoms with Gasteiger partial charge in [0.05, 0.1) is 19.8 Å². The smallest absolute Gasteiger partial charge is 0.328 e. The summed E-state index contributed by atoms with van der Waals surface area (Å²) in [6.45, 7) is 0.0318. The van der Waals surface area contributed by atoms with Crippen LogP contribution < -0.4 is 21.3 Å². The van der Waals surface area contributed by atoms with Gasteiger partial charge >= 0.3 is 5.97 Å². The van der Waals surface area contributed by atoms with E-state index >= 15 is 0 Å². The summed E-state index contributed by atoms with van der Waals surface area (Å²) in [6, 6.07) is 13.6. The van der Waals surface area contributed by atoms with Crippen molar-refractivity contribution in [2.24, 2.45) is 0 Å². The summed E-state index contributed by atoms with van der Waals surface area (Å²) in [5.74, 6) is -0.521. The Labute approximate surface area is 208 Å². The number of carbonyl (C=O) groups excluding carboxylic acids is 4. The molecule has 186 valence electrons. The number of nitrogens with one attached hydrogen (secondary N) is 4. The van der Waals surface area contributed by atoms with Gasteiger partial charge in [0, 0.05) is 17.7 Å². The lowest BCUT2D eigenvalue weighted by Gasteiger charge is -2.18. The van der Waals surface area contributed by atoms with Crippen LogP contribution in [0.2, 0.25) is 0 Å². The molecule has 0 bridgehead atoms. The Morgan fingerprint density at radius 3 is 2.60 bits per heavy atom. The minimum Gasteiger partial charge on any atom is -0.467 e. The van der Waals surface area contributed by atoms with Gasteiger partial charge in [0.15, 0.2) is 0 Å². The third kappa shape index (κ3) is 7.56. The lowest BCUT2D eigenvalue weighted by atomic mass is 9.98. The predicted molar refractivity (Wildman–Crippen MR) is 136 cm³/mol. The zero-order valence-electron chi connectivity index (χ0n) is 19.8. The summed E-state index contributed by atoms with van der Waals surface area (Å²) in [6.07, 6.45) is 3.24. The van der Waals surface area contributed by atoms with Gasteiger partial charge in [0.1, 0.15) is 6.04 Å². The number of anilines is 1. The van der Waals surface area contributed by atoms with Gasteiger partial charge in [-0.15, -0.1) is 0 Å². The van der Waals surface area contributed by atoms with Crippen molar-refractivity contribution < 1.29 is 23.9 Å². The molecule has 1 aliphatic heterocycles. The maximum absolute atomic E-state index is 13.2. The fourth-order valence-electron chi connectivity index (χ4n) is 3.73. The lowest BCUT2D eigenvalue weighted by molar-refractivity contribution is -0.142. The van der Waals surface area contributed by atoms with E-state index in [4.69, 9.17) is 4.74 Å². The molecule has 0 aliphatic carbocycles. The van der Waals surface area contributed by atoms with Crippen molar-refractivity contribution in [2.75, 3.05) is 31.0 Å². The van der Waals surface area contributed by atoms with E-state index in [1.807, 2.05) is 36.6 Å². The summed E-state index contributed by atoms with van der Waals surface area (Å²) >= 11 is 1.58. The molecule has 10 heteroatoms. The lowest BCUT2D eigenvalue weighted by Crippen LogP contribution is -2.42. The highest BCUT2D eigenvalue weighted by molar-refractivity contribution is 7.98. The van der Waals surface area contributed by atoms with Crippen LogP contribution in [-0.2, 0) is 19.1 Å². The molecule has 1 aliphatic rings. The number of benzene rings is 2. The fraction of sp³-hybridized carbons (Fsp3) is 0.360.